The highest BCUT2D eigenvalue weighted by molar-refractivity contribution is 8.00. The Balaban J connectivity index is 1.79. The Morgan fingerprint density at radius 2 is 2.20 bits per heavy atom. The Bertz CT molecular complexity index is 728. The maximum atomic E-state index is 11.3. The minimum atomic E-state index is -3.73. The Labute approximate surface area is 122 Å². The number of aromatic nitrogens is 2. The van der Waals surface area contributed by atoms with Gasteiger partial charge in [-0.05, 0) is 25.0 Å². The highest BCUT2D eigenvalue weighted by atomic mass is 32.2. The number of benzene rings is 1. The third-order valence-corrected chi connectivity index (χ3v) is 5.44. The summed E-state index contributed by atoms with van der Waals surface area (Å²) in [5, 5.41) is 5.44. The molecule has 1 aromatic carbocycles. The SMILES string of the molecule is Cc1nc(S(N)(=O)=O)cn1CC1Cc2ccccc2S1. The predicted octanol–water partition coefficient (Wildman–Crippen LogP) is 1.56. The van der Waals surface area contributed by atoms with Crippen LogP contribution in [0.25, 0.3) is 0 Å². The summed E-state index contributed by atoms with van der Waals surface area (Å²) in [6.45, 7) is 2.52. The molecule has 1 unspecified atom stereocenters. The highest BCUT2D eigenvalue weighted by Crippen LogP contribution is 2.37. The zero-order valence-electron chi connectivity index (χ0n) is 11.0. The van der Waals surface area contributed by atoms with Gasteiger partial charge >= 0.3 is 0 Å². The molecule has 2 heterocycles. The standard InChI is InChI=1S/C13H15N3O2S2/c1-9-15-13(20(14,17)18)8-16(9)7-11-6-10-4-2-3-5-12(10)19-11/h2-5,8,11H,6-7H2,1H3,(H2,14,17,18). The van der Waals surface area contributed by atoms with Crippen LogP contribution in [-0.2, 0) is 23.0 Å². The summed E-state index contributed by atoms with van der Waals surface area (Å²) in [4.78, 5) is 5.32. The monoisotopic (exact) mass is 309 g/mol. The highest BCUT2D eigenvalue weighted by Gasteiger charge is 2.23. The van der Waals surface area contributed by atoms with Crippen LogP contribution in [0.3, 0.4) is 0 Å². The molecule has 20 heavy (non-hydrogen) atoms. The number of aryl methyl sites for hydroxylation is 1. The minimum absolute atomic E-state index is 0.0597. The van der Waals surface area contributed by atoms with Gasteiger partial charge in [0.1, 0.15) is 5.82 Å². The lowest BCUT2D eigenvalue weighted by Crippen LogP contribution is -2.13. The normalized spacial score (nSPS) is 18.2. The second kappa shape index (κ2) is 4.91. The molecule has 2 aromatic rings. The Morgan fingerprint density at radius 3 is 2.85 bits per heavy atom. The van der Waals surface area contributed by atoms with E-state index in [4.69, 9.17) is 5.14 Å². The first kappa shape index (κ1) is 13.7. The van der Waals surface area contributed by atoms with Crippen LogP contribution in [0.5, 0.6) is 0 Å². The number of sulfonamides is 1. The second-order valence-electron chi connectivity index (χ2n) is 4.88. The molecule has 0 spiro atoms. The summed E-state index contributed by atoms with van der Waals surface area (Å²) >= 11 is 1.83. The molecule has 0 radical (unpaired) electrons. The number of primary sulfonamides is 1. The summed E-state index contributed by atoms with van der Waals surface area (Å²) in [5.41, 5.74) is 1.35. The molecule has 0 fully saturated rings. The van der Waals surface area contributed by atoms with E-state index in [0.29, 0.717) is 11.1 Å². The minimum Gasteiger partial charge on any atom is -0.333 e. The molecule has 0 bridgehead atoms. The maximum absolute atomic E-state index is 11.3. The van der Waals surface area contributed by atoms with Crippen LogP contribution in [0.4, 0.5) is 0 Å². The number of thioether (sulfide) groups is 1. The van der Waals surface area contributed by atoms with Gasteiger partial charge in [0.05, 0.1) is 0 Å². The van der Waals surface area contributed by atoms with E-state index >= 15 is 0 Å². The van der Waals surface area contributed by atoms with E-state index in [-0.39, 0.29) is 5.03 Å². The van der Waals surface area contributed by atoms with E-state index in [2.05, 4.69) is 17.1 Å². The Kier molecular flexibility index (Phi) is 3.35. The van der Waals surface area contributed by atoms with Gasteiger partial charge in [0.2, 0.25) is 0 Å². The van der Waals surface area contributed by atoms with E-state index in [1.54, 1.807) is 6.92 Å². The Morgan fingerprint density at radius 1 is 1.45 bits per heavy atom. The molecule has 0 aliphatic carbocycles. The number of hydrogen-bond donors (Lipinski definition) is 1. The lowest BCUT2D eigenvalue weighted by atomic mass is 10.1. The number of nitrogens with two attached hydrogens (primary N) is 1. The number of rotatable bonds is 3. The van der Waals surface area contributed by atoms with Crippen molar-refractivity contribution in [3.8, 4) is 0 Å². The number of nitrogens with zero attached hydrogens (tertiary/aromatic N) is 2. The predicted molar refractivity (Wildman–Crippen MR) is 78.1 cm³/mol. The number of hydrogen-bond acceptors (Lipinski definition) is 4. The molecule has 1 aliphatic rings. The average Bonchev–Trinajstić information content (AvgIpc) is 2.93. The maximum Gasteiger partial charge on any atom is 0.257 e. The first-order valence-corrected chi connectivity index (χ1v) is 8.67. The van der Waals surface area contributed by atoms with Crippen molar-refractivity contribution in [1.82, 2.24) is 9.55 Å². The second-order valence-corrected chi connectivity index (χ2v) is 7.73. The van der Waals surface area contributed by atoms with Gasteiger partial charge in [0.25, 0.3) is 10.0 Å². The van der Waals surface area contributed by atoms with Gasteiger partial charge in [-0.25, -0.2) is 18.5 Å². The molecule has 5 nitrogen and oxygen atoms in total. The summed E-state index contributed by atoms with van der Waals surface area (Å²) < 4.78 is 24.5. The fraction of sp³-hybridized carbons (Fsp3) is 0.308. The molecule has 0 saturated carbocycles. The average molecular weight is 309 g/mol. The largest absolute Gasteiger partial charge is 0.333 e. The van der Waals surface area contributed by atoms with Gasteiger partial charge in [-0.2, -0.15) is 0 Å². The van der Waals surface area contributed by atoms with Crippen molar-refractivity contribution in [2.75, 3.05) is 0 Å². The van der Waals surface area contributed by atoms with Crippen LogP contribution >= 0.6 is 11.8 Å². The van der Waals surface area contributed by atoms with Crippen LogP contribution in [0.15, 0.2) is 40.4 Å². The lowest BCUT2D eigenvalue weighted by molar-refractivity contribution is 0.594. The molecule has 1 atom stereocenters. The number of fused-ring (bicyclic) bond motifs is 1. The van der Waals surface area contributed by atoms with Crippen molar-refractivity contribution in [1.29, 1.82) is 0 Å². The van der Waals surface area contributed by atoms with E-state index in [9.17, 15) is 8.42 Å². The quantitative estimate of drug-likeness (QED) is 0.933. The summed E-state index contributed by atoms with van der Waals surface area (Å²) in [6, 6.07) is 8.34. The lowest BCUT2D eigenvalue weighted by Gasteiger charge is -2.10. The first-order chi connectivity index (χ1) is 9.43. The molecular formula is C13H15N3O2S2. The summed E-state index contributed by atoms with van der Waals surface area (Å²) in [5.74, 6) is 0.672. The molecule has 1 aromatic heterocycles. The van der Waals surface area contributed by atoms with Gasteiger partial charge in [-0.1, -0.05) is 18.2 Å². The van der Waals surface area contributed by atoms with Crippen molar-refractivity contribution in [2.24, 2.45) is 5.14 Å². The van der Waals surface area contributed by atoms with Crippen molar-refractivity contribution >= 4 is 21.8 Å². The molecule has 7 heteroatoms. The molecule has 3 rings (SSSR count). The van der Waals surface area contributed by atoms with E-state index < -0.39 is 10.0 Å². The van der Waals surface area contributed by atoms with Crippen LogP contribution in [-0.4, -0.2) is 23.2 Å². The van der Waals surface area contributed by atoms with Gasteiger partial charge in [0, 0.05) is 22.9 Å². The van der Waals surface area contributed by atoms with Crippen molar-refractivity contribution in [3.63, 3.8) is 0 Å². The van der Waals surface area contributed by atoms with Gasteiger partial charge in [-0.3, -0.25) is 0 Å². The molecule has 106 valence electrons. The van der Waals surface area contributed by atoms with Crippen LogP contribution in [0, 0.1) is 6.92 Å². The molecule has 1 aliphatic heterocycles. The summed E-state index contributed by atoms with van der Waals surface area (Å²) in [7, 11) is -3.73. The van der Waals surface area contributed by atoms with E-state index in [0.717, 1.165) is 13.0 Å². The van der Waals surface area contributed by atoms with Crippen molar-refractivity contribution < 1.29 is 8.42 Å². The third kappa shape index (κ3) is 2.61. The third-order valence-electron chi connectivity index (χ3n) is 3.36. The first-order valence-electron chi connectivity index (χ1n) is 6.24. The smallest absolute Gasteiger partial charge is 0.257 e. The zero-order chi connectivity index (χ0) is 14.3. The Hall–Kier alpha value is -1.31. The molecule has 0 amide bonds. The van der Waals surface area contributed by atoms with Crippen LogP contribution in [0.2, 0.25) is 0 Å². The van der Waals surface area contributed by atoms with Gasteiger partial charge in [-0.15, -0.1) is 11.8 Å². The summed E-state index contributed by atoms with van der Waals surface area (Å²) in [6.07, 6.45) is 2.51. The van der Waals surface area contributed by atoms with Gasteiger partial charge < -0.3 is 4.57 Å². The van der Waals surface area contributed by atoms with E-state index in [1.165, 1.54) is 16.7 Å². The van der Waals surface area contributed by atoms with Crippen LogP contribution in [0.1, 0.15) is 11.4 Å². The molecular weight excluding hydrogens is 294 g/mol. The van der Waals surface area contributed by atoms with Crippen molar-refractivity contribution in [3.05, 3.63) is 41.9 Å². The van der Waals surface area contributed by atoms with Gasteiger partial charge in [0.15, 0.2) is 5.03 Å². The number of imidazole rings is 1. The van der Waals surface area contributed by atoms with E-state index in [1.807, 2.05) is 28.5 Å². The fourth-order valence-corrected chi connectivity index (χ4v) is 4.23. The fourth-order valence-electron chi connectivity index (χ4n) is 2.38. The molecule has 2 N–H and O–H groups in total. The zero-order valence-corrected chi connectivity index (χ0v) is 12.6. The molecule has 0 saturated heterocycles. The van der Waals surface area contributed by atoms with Crippen molar-refractivity contribution in [2.45, 2.75) is 35.1 Å². The topological polar surface area (TPSA) is 78.0 Å². The van der Waals surface area contributed by atoms with Crippen LogP contribution < -0.4 is 5.14 Å².